The molecule has 2 amide bonds. The Bertz CT molecular complexity index is 1030. The molecule has 1 fully saturated rings. The molecule has 162 valence electrons. The van der Waals surface area contributed by atoms with E-state index in [1.807, 2.05) is 24.3 Å². The number of nitrogens with zero attached hydrogens (tertiary/aromatic N) is 2. The van der Waals surface area contributed by atoms with Crippen molar-refractivity contribution >= 4 is 34.0 Å². The molecule has 2 heterocycles. The highest BCUT2D eigenvalue weighted by Gasteiger charge is 2.34. The van der Waals surface area contributed by atoms with Crippen LogP contribution in [0.4, 0.5) is 10.8 Å². The van der Waals surface area contributed by atoms with Crippen molar-refractivity contribution in [3.8, 4) is 5.75 Å². The number of para-hydroxylation sites is 2. The second-order valence-corrected chi connectivity index (χ2v) is 8.06. The van der Waals surface area contributed by atoms with E-state index >= 15 is 0 Å². The minimum Gasteiger partial charge on any atom is -0.495 e. The summed E-state index contributed by atoms with van der Waals surface area (Å²) in [6.45, 7) is 0.702. The van der Waals surface area contributed by atoms with Crippen molar-refractivity contribution in [2.24, 2.45) is 0 Å². The summed E-state index contributed by atoms with van der Waals surface area (Å²) in [5.74, 6) is 1.13. The van der Waals surface area contributed by atoms with E-state index in [4.69, 9.17) is 9.15 Å². The van der Waals surface area contributed by atoms with Crippen molar-refractivity contribution in [2.45, 2.75) is 31.8 Å². The number of thiazole rings is 1. The number of nitrogens with one attached hydrogen (secondary N) is 2. The smallest absolute Gasteiger partial charge is 0.273 e. The lowest BCUT2D eigenvalue weighted by Crippen LogP contribution is -2.37. The zero-order valence-corrected chi connectivity index (χ0v) is 18.0. The third-order valence-corrected chi connectivity index (χ3v) is 5.70. The molecular weight excluding hydrogens is 416 g/mol. The molecule has 8 nitrogen and oxygen atoms in total. The summed E-state index contributed by atoms with van der Waals surface area (Å²) in [5, 5.41) is 8.37. The molecule has 1 aliphatic rings. The van der Waals surface area contributed by atoms with Gasteiger partial charge in [0, 0.05) is 24.4 Å². The highest BCUT2D eigenvalue weighted by atomic mass is 32.1. The summed E-state index contributed by atoms with van der Waals surface area (Å²) in [6, 6.07) is 11.3. The molecule has 1 aromatic carbocycles. The van der Waals surface area contributed by atoms with E-state index in [1.165, 1.54) is 11.3 Å². The average molecular weight is 441 g/mol. The highest BCUT2D eigenvalue weighted by molar-refractivity contribution is 7.14. The Morgan fingerprint density at radius 1 is 1.26 bits per heavy atom. The SMILES string of the molecule is COc1ccccc1Nc1nc(C(=O)N(CCC(=O)NCc2ccco2)C2CC2)cs1. The standard InChI is InChI=1S/C22H24N4O4S/c1-29-19-7-3-2-6-17(19)24-22-25-18(14-31-22)21(28)26(15-8-9-15)11-10-20(27)23-13-16-5-4-12-30-16/h2-7,12,14-15H,8-11,13H2,1H3,(H,23,27)(H,24,25). The monoisotopic (exact) mass is 440 g/mol. The van der Waals surface area contributed by atoms with Gasteiger partial charge in [0.25, 0.3) is 5.91 Å². The summed E-state index contributed by atoms with van der Waals surface area (Å²) in [4.78, 5) is 31.4. The average Bonchev–Trinajstić information content (AvgIpc) is 3.28. The first-order chi connectivity index (χ1) is 15.1. The molecule has 0 saturated heterocycles. The predicted molar refractivity (Wildman–Crippen MR) is 118 cm³/mol. The van der Waals surface area contributed by atoms with Gasteiger partial charge in [-0.25, -0.2) is 4.98 Å². The van der Waals surface area contributed by atoms with E-state index in [9.17, 15) is 9.59 Å². The Morgan fingerprint density at radius 2 is 2.10 bits per heavy atom. The topological polar surface area (TPSA) is 96.7 Å². The second-order valence-electron chi connectivity index (χ2n) is 7.20. The number of ether oxygens (including phenoxy) is 1. The molecule has 3 aromatic rings. The number of furan rings is 1. The van der Waals surface area contributed by atoms with Crippen LogP contribution in [0.3, 0.4) is 0 Å². The second kappa shape index (κ2) is 9.65. The quantitative estimate of drug-likeness (QED) is 0.498. The fourth-order valence-corrected chi connectivity index (χ4v) is 3.88. The van der Waals surface area contributed by atoms with Crippen LogP contribution in [-0.4, -0.2) is 41.4 Å². The number of methoxy groups -OCH3 is 1. The van der Waals surface area contributed by atoms with Gasteiger partial charge in [0.05, 0.1) is 25.6 Å². The van der Waals surface area contributed by atoms with Crippen LogP contribution in [0.5, 0.6) is 5.75 Å². The summed E-state index contributed by atoms with van der Waals surface area (Å²) in [6.07, 6.45) is 3.71. The number of carbonyl (C=O) groups is 2. The van der Waals surface area contributed by atoms with Crippen molar-refractivity contribution in [3.63, 3.8) is 0 Å². The minimum absolute atomic E-state index is 0.119. The van der Waals surface area contributed by atoms with Gasteiger partial charge in [-0.15, -0.1) is 11.3 Å². The predicted octanol–water partition coefficient (Wildman–Crippen LogP) is 3.80. The van der Waals surface area contributed by atoms with Gasteiger partial charge in [-0.3, -0.25) is 9.59 Å². The number of benzene rings is 1. The van der Waals surface area contributed by atoms with Gasteiger partial charge in [0.1, 0.15) is 17.2 Å². The number of rotatable bonds is 10. The maximum atomic E-state index is 13.0. The number of aromatic nitrogens is 1. The third kappa shape index (κ3) is 5.43. The van der Waals surface area contributed by atoms with E-state index in [1.54, 1.807) is 35.8 Å². The highest BCUT2D eigenvalue weighted by Crippen LogP contribution is 2.31. The zero-order valence-electron chi connectivity index (χ0n) is 17.2. The summed E-state index contributed by atoms with van der Waals surface area (Å²) >= 11 is 1.36. The summed E-state index contributed by atoms with van der Waals surface area (Å²) in [7, 11) is 1.61. The maximum absolute atomic E-state index is 13.0. The Morgan fingerprint density at radius 3 is 2.84 bits per heavy atom. The molecular formula is C22H24N4O4S. The molecule has 0 spiro atoms. The lowest BCUT2D eigenvalue weighted by Gasteiger charge is -2.21. The number of hydrogen-bond acceptors (Lipinski definition) is 7. The summed E-state index contributed by atoms with van der Waals surface area (Å²) < 4.78 is 10.6. The van der Waals surface area contributed by atoms with Crippen molar-refractivity contribution in [2.75, 3.05) is 19.0 Å². The number of hydrogen-bond donors (Lipinski definition) is 2. The van der Waals surface area contributed by atoms with Crippen LogP contribution in [0.1, 0.15) is 35.5 Å². The lowest BCUT2D eigenvalue weighted by molar-refractivity contribution is -0.121. The molecule has 0 bridgehead atoms. The molecule has 0 radical (unpaired) electrons. The van der Waals surface area contributed by atoms with Crippen LogP contribution in [0.25, 0.3) is 0 Å². The number of anilines is 2. The van der Waals surface area contributed by atoms with Gasteiger partial charge >= 0.3 is 0 Å². The Labute approximate surface area is 184 Å². The molecule has 2 aromatic heterocycles. The van der Waals surface area contributed by atoms with Gasteiger partial charge < -0.3 is 24.7 Å². The Kier molecular flexibility index (Phi) is 6.51. The largest absolute Gasteiger partial charge is 0.495 e. The van der Waals surface area contributed by atoms with Crippen molar-refractivity contribution in [1.82, 2.24) is 15.2 Å². The Hall–Kier alpha value is -3.33. The van der Waals surface area contributed by atoms with E-state index in [-0.39, 0.29) is 24.3 Å². The van der Waals surface area contributed by atoms with Crippen molar-refractivity contribution in [1.29, 1.82) is 0 Å². The van der Waals surface area contributed by atoms with Gasteiger partial charge in [0.15, 0.2) is 5.13 Å². The molecule has 9 heteroatoms. The van der Waals surface area contributed by atoms with Crippen LogP contribution in [0, 0.1) is 0 Å². The fraction of sp³-hybridized carbons (Fsp3) is 0.318. The van der Waals surface area contributed by atoms with Gasteiger partial charge in [-0.05, 0) is 37.1 Å². The van der Waals surface area contributed by atoms with Crippen LogP contribution in [0.2, 0.25) is 0 Å². The molecule has 31 heavy (non-hydrogen) atoms. The van der Waals surface area contributed by atoms with Crippen LogP contribution >= 0.6 is 11.3 Å². The van der Waals surface area contributed by atoms with Gasteiger partial charge in [-0.1, -0.05) is 12.1 Å². The molecule has 1 saturated carbocycles. The van der Waals surface area contributed by atoms with Crippen molar-refractivity contribution in [3.05, 3.63) is 59.5 Å². The van der Waals surface area contributed by atoms with Gasteiger partial charge in [0.2, 0.25) is 5.91 Å². The number of amides is 2. The maximum Gasteiger partial charge on any atom is 0.273 e. The lowest BCUT2D eigenvalue weighted by atomic mass is 10.3. The van der Waals surface area contributed by atoms with Crippen LogP contribution < -0.4 is 15.4 Å². The van der Waals surface area contributed by atoms with Crippen LogP contribution in [-0.2, 0) is 11.3 Å². The zero-order chi connectivity index (χ0) is 21.6. The summed E-state index contributed by atoms with van der Waals surface area (Å²) in [5.41, 5.74) is 1.16. The van der Waals surface area contributed by atoms with E-state index < -0.39 is 0 Å². The third-order valence-electron chi connectivity index (χ3n) is 4.94. The normalized spacial score (nSPS) is 12.9. The molecule has 1 aliphatic carbocycles. The molecule has 4 rings (SSSR count). The van der Waals surface area contributed by atoms with E-state index in [2.05, 4.69) is 15.6 Å². The van der Waals surface area contributed by atoms with Gasteiger partial charge in [-0.2, -0.15) is 0 Å². The first-order valence-electron chi connectivity index (χ1n) is 10.1. The molecule has 0 unspecified atom stereocenters. The van der Waals surface area contributed by atoms with Crippen LogP contribution in [0.15, 0.2) is 52.5 Å². The minimum atomic E-state index is -0.148. The first-order valence-corrected chi connectivity index (χ1v) is 11.0. The fourth-order valence-electron chi connectivity index (χ4n) is 3.19. The molecule has 0 aliphatic heterocycles. The van der Waals surface area contributed by atoms with E-state index in [0.29, 0.717) is 35.4 Å². The molecule has 0 atom stereocenters. The molecule has 2 N–H and O–H groups in total. The number of carbonyl (C=O) groups excluding carboxylic acids is 2. The van der Waals surface area contributed by atoms with Crippen molar-refractivity contribution < 1.29 is 18.7 Å². The van der Waals surface area contributed by atoms with E-state index in [0.717, 1.165) is 18.5 Å². The Balaban J connectivity index is 1.35. The first kappa shape index (κ1) is 20.9.